The van der Waals surface area contributed by atoms with Crippen LogP contribution in [0.2, 0.25) is 0 Å². The molecule has 0 aliphatic carbocycles. The highest BCUT2D eigenvalue weighted by Gasteiger charge is 2.33. The van der Waals surface area contributed by atoms with Crippen LogP contribution in [0.1, 0.15) is 12.0 Å². The zero-order valence-electron chi connectivity index (χ0n) is 15.4. The van der Waals surface area contributed by atoms with Crippen LogP contribution in [0.25, 0.3) is 11.3 Å². The van der Waals surface area contributed by atoms with E-state index in [0.29, 0.717) is 11.8 Å². The van der Waals surface area contributed by atoms with Crippen LogP contribution in [0.4, 0.5) is 30.2 Å². The van der Waals surface area contributed by atoms with Gasteiger partial charge >= 0.3 is 6.18 Å². The first kappa shape index (κ1) is 20.8. The molecule has 8 nitrogen and oxygen atoms in total. The van der Waals surface area contributed by atoms with E-state index in [1.807, 2.05) is 6.07 Å². The number of benzene rings is 2. The van der Waals surface area contributed by atoms with Gasteiger partial charge in [-0.05, 0) is 30.3 Å². The van der Waals surface area contributed by atoms with Gasteiger partial charge in [0.25, 0.3) is 5.69 Å². The summed E-state index contributed by atoms with van der Waals surface area (Å²) in [7, 11) is 0. The maximum atomic E-state index is 12.7. The lowest BCUT2D eigenvalue weighted by atomic mass is 10.1. The molecule has 0 radical (unpaired) electrons. The van der Waals surface area contributed by atoms with Crippen LogP contribution in [-0.2, 0) is 11.0 Å². The molecule has 0 aliphatic heterocycles. The summed E-state index contributed by atoms with van der Waals surface area (Å²) < 4.78 is 38.2. The van der Waals surface area contributed by atoms with Gasteiger partial charge in [0, 0.05) is 36.5 Å². The molecule has 0 fully saturated rings. The number of carbonyl (C=O) groups is 1. The second-order valence-electron chi connectivity index (χ2n) is 6.26. The molecule has 3 rings (SSSR count). The quantitative estimate of drug-likeness (QED) is 0.387. The summed E-state index contributed by atoms with van der Waals surface area (Å²) in [5.74, 6) is -0.362. The first-order valence-corrected chi connectivity index (χ1v) is 8.73. The molecule has 1 aromatic heterocycles. The van der Waals surface area contributed by atoms with Gasteiger partial charge in [0.2, 0.25) is 5.91 Å². The van der Waals surface area contributed by atoms with E-state index in [4.69, 9.17) is 0 Å². The number of carbonyl (C=O) groups excluding carboxylic acids is 1. The molecule has 11 heteroatoms. The zero-order valence-corrected chi connectivity index (χ0v) is 15.4. The molecule has 0 spiro atoms. The molecule has 0 unspecified atom stereocenters. The number of nitro groups is 1. The van der Waals surface area contributed by atoms with E-state index >= 15 is 0 Å². The number of aromatic amines is 1. The molecule has 0 saturated heterocycles. The maximum absolute atomic E-state index is 12.7. The second-order valence-corrected chi connectivity index (χ2v) is 6.26. The summed E-state index contributed by atoms with van der Waals surface area (Å²) >= 11 is 0. The van der Waals surface area contributed by atoms with Gasteiger partial charge in [0.05, 0.1) is 16.2 Å². The van der Waals surface area contributed by atoms with Crippen molar-refractivity contribution in [1.82, 2.24) is 10.2 Å². The van der Waals surface area contributed by atoms with Crippen LogP contribution >= 0.6 is 0 Å². The summed E-state index contributed by atoms with van der Waals surface area (Å²) in [6, 6.07) is 11.0. The number of nitrogens with zero attached hydrogens (tertiary/aromatic N) is 2. The monoisotopic (exact) mass is 419 g/mol. The van der Waals surface area contributed by atoms with Crippen LogP contribution in [-0.4, -0.2) is 27.6 Å². The van der Waals surface area contributed by atoms with E-state index < -0.39 is 22.4 Å². The number of alkyl halides is 3. The maximum Gasteiger partial charge on any atom is 0.416 e. The average molecular weight is 419 g/mol. The predicted octanol–water partition coefficient (Wildman–Crippen LogP) is 4.44. The predicted molar refractivity (Wildman–Crippen MR) is 104 cm³/mol. The van der Waals surface area contributed by atoms with Crippen molar-refractivity contribution >= 4 is 23.0 Å². The highest BCUT2D eigenvalue weighted by atomic mass is 19.4. The minimum absolute atomic E-state index is 0.00171. The van der Waals surface area contributed by atoms with E-state index in [1.54, 1.807) is 30.5 Å². The van der Waals surface area contributed by atoms with E-state index in [9.17, 15) is 28.1 Å². The minimum Gasteiger partial charge on any atom is -0.379 e. The standard InChI is InChI=1S/C19H16F3N5O3/c20-19(21,22)13-4-5-16(17(11-13)27(29)30)23-8-7-18(28)25-14-3-1-2-12(10-14)15-6-9-24-26-15/h1-6,9-11,23H,7-8H2,(H,24,26)(H,25,28). The SMILES string of the molecule is O=C(CCNc1ccc(C(F)(F)F)cc1[N+](=O)[O-])Nc1cccc(-c2ccn[nH]2)c1. The number of nitro benzene ring substituents is 1. The van der Waals surface area contributed by atoms with E-state index in [0.717, 1.165) is 23.4 Å². The third-order valence-corrected chi connectivity index (χ3v) is 4.15. The van der Waals surface area contributed by atoms with Crippen LogP contribution in [0.5, 0.6) is 0 Å². The first-order chi connectivity index (χ1) is 14.2. The molecule has 3 aromatic rings. The Balaban J connectivity index is 1.60. The minimum atomic E-state index is -4.69. The Bertz CT molecular complexity index is 1050. The van der Waals surface area contributed by atoms with Crippen molar-refractivity contribution in [3.8, 4) is 11.3 Å². The Morgan fingerprint density at radius 1 is 1.17 bits per heavy atom. The molecule has 30 heavy (non-hydrogen) atoms. The molecule has 0 aliphatic rings. The number of hydrogen-bond donors (Lipinski definition) is 3. The third-order valence-electron chi connectivity index (χ3n) is 4.15. The van der Waals surface area contributed by atoms with Gasteiger partial charge in [0.1, 0.15) is 5.69 Å². The number of aromatic nitrogens is 2. The largest absolute Gasteiger partial charge is 0.416 e. The second kappa shape index (κ2) is 8.64. The van der Waals surface area contributed by atoms with Crippen molar-refractivity contribution in [3.63, 3.8) is 0 Å². The number of halogens is 3. The number of hydrogen-bond acceptors (Lipinski definition) is 5. The number of anilines is 2. The molecule has 0 atom stereocenters. The molecule has 0 bridgehead atoms. The summed E-state index contributed by atoms with van der Waals surface area (Å²) in [6.07, 6.45) is -3.13. The summed E-state index contributed by atoms with van der Waals surface area (Å²) in [5, 5.41) is 23.1. The van der Waals surface area contributed by atoms with Crippen molar-refractivity contribution in [2.24, 2.45) is 0 Å². The molecule has 1 amide bonds. The van der Waals surface area contributed by atoms with Crippen molar-refractivity contribution < 1.29 is 22.9 Å². The Labute approximate surface area is 168 Å². The van der Waals surface area contributed by atoms with Gasteiger partial charge in [-0.2, -0.15) is 18.3 Å². The smallest absolute Gasteiger partial charge is 0.379 e. The van der Waals surface area contributed by atoms with E-state index in [2.05, 4.69) is 20.8 Å². The zero-order chi connectivity index (χ0) is 21.7. The first-order valence-electron chi connectivity index (χ1n) is 8.73. The fourth-order valence-electron chi connectivity index (χ4n) is 2.72. The van der Waals surface area contributed by atoms with Gasteiger partial charge in [0.15, 0.2) is 0 Å². The lowest BCUT2D eigenvalue weighted by molar-refractivity contribution is -0.384. The summed E-state index contributed by atoms with van der Waals surface area (Å²) in [4.78, 5) is 22.3. The van der Waals surface area contributed by atoms with Gasteiger partial charge in [-0.1, -0.05) is 12.1 Å². The van der Waals surface area contributed by atoms with Crippen molar-refractivity contribution in [1.29, 1.82) is 0 Å². The fourth-order valence-corrected chi connectivity index (χ4v) is 2.72. The highest BCUT2D eigenvalue weighted by Crippen LogP contribution is 2.34. The molecular weight excluding hydrogens is 403 g/mol. The number of nitrogens with one attached hydrogen (secondary N) is 3. The topological polar surface area (TPSA) is 113 Å². The molecule has 2 aromatic carbocycles. The van der Waals surface area contributed by atoms with Crippen molar-refractivity contribution in [2.45, 2.75) is 12.6 Å². The van der Waals surface area contributed by atoms with Gasteiger partial charge < -0.3 is 10.6 Å². The molecule has 1 heterocycles. The lowest BCUT2D eigenvalue weighted by Gasteiger charge is -2.11. The van der Waals surface area contributed by atoms with Crippen LogP contribution in [0.15, 0.2) is 54.7 Å². The highest BCUT2D eigenvalue weighted by molar-refractivity contribution is 5.91. The molecular formula is C19H16F3N5O3. The van der Waals surface area contributed by atoms with Crippen LogP contribution < -0.4 is 10.6 Å². The van der Waals surface area contributed by atoms with Gasteiger partial charge in [-0.15, -0.1) is 0 Å². The van der Waals surface area contributed by atoms with Gasteiger partial charge in [-0.3, -0.25) is 20.0 Å². The number of amides is 1. The van der Waals surface area contributed by atoms with E-state index in [1.165, 1.54) is 0 Å². The van der Waals surface area contributed by atoms with Crippen LogP contribution in [0.3, 0.4) is 0 Å². The van der Waals surface area contributed by atoms with Crippen molar-refractivity contribution in [2.75, 3.05) is 17.2 Å². The summed E-state index contributed by atoms with van der Waals surface area (Å²) in [5.41, 5.74) is 0.230. The van der Waals surface area contributed by atoms with Crippen LogP contribution in [0, 0.1) is 10.1 Å². The Morgan fingerprint density at radius 3 is 2.63 bits per heavy atom. The molecule has 3 N–H and O–H groups in total. The van der Waals surface area contributed by atoms with Crippen molar-refractivity contribution in [3.05, 3.63) is 70.4 Å². The average Bonchev–Trinajstić information content (AvgIpc) is 3.22. The third kappa shape index (κ3) is 5.13. The Kier molecular flexibility index (Phi) is 6.00. The van der Waals surface area contributed by atoms with Gasteiger partial charge in [-0.25, -0.2) is 0 Å². The lowest BCUT2D eigenvalue weighted by Crippen LogP contribution is -2.17. The molecule has 156 valence electrons. The summed E-state index contributed by atoms with van der Waals surface area (Å²) in [6.45, 7) is -0.00171. The normalized spacial score (nSPS) is 11.2. The fraction of sp³-hybridized carbons (Fsp3) is 0.158. The molecule has 0 saturated carbocycles. The number of rotatable bonds is 7. The Hall–Kier alpha value is -3.89. The van der Waals surface area contributed by atoms with E-state index in [-0.39, 0.29) is 24.6 Å². The Morgan fingerprint density at radius 2 is 1.97 bits per heavy atom. The number of H-pyrrole nitrogens is 1.